The molecule has 0 bridgehead atoms. The highest BCUT2D eigenvalue weighted by Crippen LogP contribution is 2.57. The molecule has 0 radical (unpaired) electrons. The molecule has 0 amide bonds. The Balaban J connectivity index is 1.73. The van der Waals surface area contributed by atoms with E-state index in [1.165, 1.54) is 9.12 Å². The first kappa shape index (κ1) is 20.1. The van der Waals surface area contributed by atoms with E-state index in [0.717, 1.165) is 15.7 Å². The molecule has 0 aliphatic carbocycles. The van der Waals surface area contributed by atoms with Crippen molar-refractivity contribution in [1.29, 1.82) is 0 Å². The summed E-state index contributed by atoms with van der Waals surface area (Å²) in [4.78, 5) is 13.4. The quantitative estimate of drug-likeness (QED) is 0.282. The maximum Gasteiger partial charge on any atom is 0.201 e. The number of Topliss-reactive ketones (excluding diaryl/α,β-unsaturated/α-hetero) is 1. The lowest BCUT2D eigenvalue weighted by Crippen LogP contribution is -2.42. The zero-order valence-electron chi connectivity index (χ0n) is 15.3. The van der Waals surface area contributed by atoms with Crippen LogP contribution < -0.4 is 18.5 Å². The third kappa shape index (κ3) is 3.06. The van der Waals surface area contributed by atoms with Crippen molar-refractivity contribution in [3.05, 3.63) is 45.9 Å². The van der Waals surface area contributed by atoms with Gasteiger partial charge in [-0.05, 0) is 39.7 Å². The van der Waals surface area contributed by atoms with Gasteiger partial charge >= 0.3 is 0 Å². The Hall–Kier alpha value is -1.17. The first-order valence-corrected chi connectivity index (χ1v) is 12.5. The Labute approximate surface area is 187 Å². The van der Waals surface area contributed by atoms with Gasteiger partial charge in [-0.1, -0.05) is 6.07 Å². The van der Waals surface area contributed by atoms with Gasteiger partial charge < -0.3 is 23.3 Å². The van der Waals surface area contributed by atoms with Crippen LogP contribution in [0, 0.1) is 0 Å². The minimum atomic E-state index is -0.904. The summed E-state index contributed by atoms with van der Waals surface area (Å²) in [5.74, 6) is 1.92. The normalized spacial score (nSPS) is 22.8. The summed E-state index contributed by atoms with van der Waals surface area (Å²) in [5.41, 5.74) is 1.43. The highest BCUT2D eigenvalue weighted by molar-refractivity contribution is 14.2. The van der Waals surface area contributed by atoms with E-state index in [4.69, 9.17) is 18.9 Å². The molecule has 148 valence electrons. The number of ether oxygens (including phenoxy) is 4. The van der Waals surface area contributed by atoms with Crippen molar-refractivity contribution in [2.45, 2.75) is 11.7 Å². The number of anilines is 1. The lowest BCUT2D eigenvalue weighted by molar-refractivity contribution is 0.0873. The van der Waals surface area contributed by atoms with E-state index in [-0.39, 0.29) is 11.9 Å². The molecule has 2 aromatic rings. The number of nitrogens with zero attached hydrogens (tertiary/aromatic N) is 1. The van der Waals surface area contributed by atoms with Crippen LogP contribution in [0.3, 0.4) is 0 Å². The van der Waals surface area contributed by atoms with Crippen LogP contribution in [0.5, 0.6) is 17.2 Å². The van der Waals surface area contributed by atoms with E-state index >= 15 is 0 Å². The molecule has 0 saturated carbocycles. The average molecular weight is 578 g/mol. The monoisotopic (exact) mass is 577 g/mol. The van der Waals surface area contributed by atoms with Crippen LogP contribution in [0.1, 0.15) is 22.0 Å². The Morgan fingerprint density at radius 1 is 1.14 bits per heavy atom. The largest absolute Gasteiger partial charge is 0.495 e. The molecule has 6 nitrogen and oxygen atoms in total. The van der Waals surface area contributed by atoms with Crippen LogP contribution in [0.2, 0.25) is 0 Å². The van der Waals surface area contributed by atoms with Crippen molar-refractivity contribution in [3.8, 4) is 17.2 Å². The number of ketones is 1. The van der Waals surface area contributed by atoms with Crippen LogP contribution in [-0.2, 0) is 4.74 Å². The number of fused-ring (bicyclic) bond motifs is 1. The van der Waals surface area contributed by atoms with Crippen molar-refractivity contribution < 1.29 is 23.7 Å². The summed E-state index contributed by atoms with van der Waals surface area (Å²) in [6, 6.07) is 9.30. The highest BCUT2D eigenvalue weighted by Gasteiger charge is 2.66. The molecule has 1 fully saturated rings. The average Bonchev–Trinajstić information content (AvgIpc) is 3.45. The highest BCUT2D eigenvalue weighted by atomic mass is 127. The van der Waals surface area contributed by atoms with Gasteiger partial charge in [0, 0.05) is 42.0 Å². The van der Waals surface area contributed by atoms with Gasteiger partial charge in [0.25, 0.3) is 0 Å². The van der Waals surface area contributed by atoms with E-state index in [1.54, 1.807) is 21.3 Å². The zero-order valence-corrected chi connectivity index (χ0v) is 19.9. The predicted octanol–water partition coefficient (Wildman–Crippen LogP) is 4.99. The van der Waals surface area contributed by atoms with Gasteiger partial charge in [-0.15, -0.1) is 0 Å². The second-order valence-electron chi connectivity index (χ2n) is 6.44. The summed E-state index contributed by atoms with van der Waals surface area (Å²) in [6.07, 6.45) is -0.333. The van der Waals surface area contributed by atoms with Crippen molar-refractivity contribution in [2.24, 2.45) is 0 Å². The summed E-state index contributed by atoms with van der Waals surface area (Å²) in [5, 5.41) is 0. The lowest BCUT2D eigenvalue weighted by atomic mass is 9.87. The van der Waals surface area contributed by atoms with Gasteiger partial charge in [-0.3, -0.25) is 4.79 Å². The number of carbonyl (C=O) groups is 1. The number of methoxy groups -OCH3 is 3. The fraction of sp³-hybridized carbons (Fsp3) is 0.316. The van der Waals surface area contributed by atoms with Gasteiger partial charge in [0.1, 0.15) is 11.9 Å². The smallest absolute Gasteiger partial charge is 0.201 e. The number of carbonyl (C=O) groups excluding carboxylic acids is 1. The summed E-state index contributed by atoms with van der Waals surface area (Å²) < 4.78 is 24.9. The number of hydrogen-bond acceptors (Lipinski definition) is 7. The number of halogens is 2. The third-order valence-electron chi connectivity index (χ3n) is 5.03. The van der Waals surface area contributed by atoms with Crippen LogP contribution in [-0.4, -0.2) is 39.3 Å². The molecule has 2 aliphatic rings. The molecule has 2 aromatic carbocycles. The van der Waals surface area contributed by atoms with E-state index < -0.39 is 5.60 Å². The number of hydrogen-bond donors (Lipinski definition) is 0. The van der Waals surface area contributed by atoms with E-state index in [1.807, 2.05) is 30.3 Å². The van der Waals surface area contributed by atoms with E-state index in [0.29, 0.717) is 29.4 Å². The van der Waals surface area contributed by atoms with Crippen molar-refractivity contribution >= 4 is 57.7 Å². The molecule has 2 unspecified atom stereocenters. The topological polar surface area (TPSA) is 60.5 Å². The van der Waals surface area contributed by atoms with Crippen molar-refractivity contribution in [2.75, 3.05) is 32.2 Å². The summed E-state index contributed by atoms with van der Waals surface area (Å²) >= 11 is 5.70. The van der Waals surface area contributed by atoms with Gasteiger partial charge in [0.2, 0.25) is 5.78 Å². The zero-order chi connectivity index (χ0) is 20.1. The van der Waals surface area contributed by atoms with Crippen molar-refractivity contribution in [1.82, 2.24) is 0 Å². The minimum absolute atomic E-state index is 0.0210. The molecular formula is C19H17BrINO5S. The maximum absolute atomic E-state index is 13.4. The van der Waals surface area contributed by atoms with Gasteiger partial charge in [0.15, 0.2) is 17.1 Å². The fourth-order valence-electron chi connectivity index (χ4n) is 3.57. The molecule has 2 atom stereocenters. The third-order valence-corrected chi connectivity index (χ3v) is 7.57. The number of benzene rings is 2. The SMILES string of the molecule is COc1cc2c(cc1Br)C(=O)C1(CN2SI)OC1c1ccc(OC)c(OC)c1. The molecule has 2 aliphatic heterocycles. The Bertz CT molecular complexity index is 958. The van der Waals surface area contributed by atoms with Crippen molar-refractivity contribution in [3.63, 3.8) is 0 Å². The molecule has 1 saturated heterocycles. The van der Waals surface area contributed by atoms with Crippen LogP contribution >= 0.6 is 46.3 Å². The van der Waals surface area contributed by atoms with E-state index in [9.17, 15) is 4.79 Å². The Morgan fingerprint density at radius 3 is 2.50 bits per heavy atom. The standard InChI is InChI=1S/C19H17BrINO5S/c1-24-14-5-4-10(6-16(14)26-3)18-19(27-18)9-22(28-21)13-8-15(25-2)12(20)7-11(13)17(19)23/h4-8,18H,9H2,1-3H3. The second-order valence-corrected chi connectivity index (χ2v) is 9.06. The van der Waals surface area contributed by atoms with E-state index in [2.05, 4.69) is 41.4 Å². The molecule has 2 heterocycles. The fourth-order valence-corrected chi connectivity index (χ4v) is 5.59. The maximum atomic E-state index is 13.4. The Kier molecular flexibility index (Phi) is 5.45. The Morgan fingerprint density at radius 2 is 1.86 bits per heavy atom. The first-order chi connectivity index (χ1) is 13.5. The second kappa shape index (κ2) is 7.58. The minimum Gasteiger partial charge on any atom is -0.495 e. The predicted molar refractivity (Wildman–Crippen MR) is 120 cm³/mol. The van der Waals surface area contributed by atoms with Gasteiger partial charge in [-0.25, -0.2) is 0 Å². The van der Waals surface area contributed by atoms with Crippen LogP contribution in [0.25, 0.3) is 0 Å². The molecule has 0 aromatic heterocycles. The number of rotatable bonds is 5. The van der Waals surface area contributed by atoms with Gasteiger partial charge in [0.05, 0.1) is 38.0 Å². The molecule has 0 N–H and O–H groups in total. The summed E-state index contributed by atoms with van der Waals surface area (Å²) in [7, 11) is 6.32. The molecule has 1 spiro atoms. The molecule has 4 rings (SSSR count). The van der Waals surface area contributed by atoms with Gasteiger partial charge in [-0.2, -0.15) is 0 Å². The molecular weight excluding hydrogens is 561 g/mol. The number of epoxide rings is 1. The van der Waals surface area contributed by atoms with Crippen LogP contribution in [0.15, 0.2) is 34.8 Å². The molecule has 9 heteroatoms. The lowest BCUT2D eigenvalue weighted by Gasteiger charge is -2.32. The first-order valence-electron chi connectivity index (χ1n) is 8.37. The van der Waals surface area contributed by atoms with Crippen LogP contribution in [0.4, 0.5) is 5.69 Å². The summed E-state index contributed by atoms with van der Waals surface area (Å²) in [6.45, 7) is 0.455. The molecule has 28 heavy (non-hydrogen) atoms.